The molecule has 0 N–H and O–H groups in total. The van der Waals surface area contributed by atoms with Crippen LogP contribution in [0.4, 0.5) is 0 Å². The number of carbonyl (C=O) groups is 4. The van der Waals surface area contributed by atoms with Crippen LogP contribution in [0, 0.1) is 6.92 Å². The van der Waals surface area contributed by atoms with Crippen molar-refractivity contribution in [3.8, 4) is 11.4 Å². The first-order valence-electron chi connectivity index (χ1n) is 10.4. The third kappa shape index (κ3) is 4.05. The number of ether oxygens (including phenoxy) is 1. The van der Waals surface area contributed by atoms with Crippen molar-refractivity contribution in [3.05, 3.63) is 35.7 Å². The van der Waals surface area contributed by atoms with Crippen LogP contribution in [0.3, 0.4) is 0 Å². The van der Waals surface area contributed by atoms with E-state index >= 15 is 0 Å². The maximum Gasteiger partial charge on any atom is 0.276 e. The molecule has 2 fully saturated rings. The van der Waals surface area contributed by atoms with Crippen molar-refractivity contribution in [1.29, 1.82) is 0 Å². The van der Waals surface area contributed by atoms with Gasteiger partial charge in [-0.3, -0.25) is 24.1 Å². The Morgan fingerprint density at radius 3 is 2.34 bits per heavy atom. The largest absolute Gasteiger partial charge is 0.497 e. The molecule has 2 aliphatic rings. The van der Waals surface area contributed by atoms with Crippen molar-refractivity contribution >= 4 is 23.6 Å². The smallest absolute Gasteiger partial charge is 0.276 e. The third-order valence-electron chi connectivity index (χ3n) is 5.76. The number of piperazine rings is 1. The summed E-state index contributed by atoms with van der Waals surface area (Å²) in [5.41, 5.74) is 1.59. The minimum atomic E-state index is -0.313. The second-order valence-electron chi connectivity index (χ2n) is 7.68. The lowest BCUT2D eigenvalue weighted by Crippen LogP contribution is -2.53. The molecule has 2 aliphatic heterocycles. The normalized spacial score (nSPS) is 16.6. The summed E-state index contributed by atoms with van der Waals surface area (Å²) in [5, 5.41) is 8.20. The summed E-state index contributed by atoms with van der Waals surface area (Å²) >= 11 is 0. The van der Waals surface area contributed by atoms with E-state index in [4.69, 9.17) is 4.74 Å². The molecule has 2 aromatic rings. The maximum atomic E-state index is 13.0. The molecule has 0 aliphatic carbocycles. The molecule has 0 saturated carbocycles. The van der Waals surface area contributed by atoms with E-state index in [-0.39, 0.29) is 48.7 Å². The molecule has 4 amide bonds. The highest BCUT2D eigenvalue weighted by Gasteiger charge is 2.33. The van der Waals surface area contributed by atoms with Crippen molar-refractivity contribution in [3.63, 3.8) is 0 Å². The van der Waals surface area contributed by atoms with Crippen molar-refractivity contribution < 1.29 is 23.9 Å². The number of rotatable bonds is 5. The Hall–Kier alpha value is -3.76. The van der Waals surface area contributed by atoms with Crippen LogP contribution in [0.1, 0.15) is 29.0 Å². The van der Waals surface area contributed by atoms with Gasteiger partial charge < -0.3 is 14.5 Å². The minimum Gasteiger partial charge on any atom is -0.497 e. The Morgan fingerprint density at radius 1 is 1.03 bits per heavy atom. The third-order valence-corrected chi connectivity index (χ3v) is 5.76. The van der Waals surface area contributed by atoms with E-state index in [1.807, 2.05) is 18.2 Å². The van der Waals surface area contributed by atoms with Gasteiger partial charge in [-0.2, -0.15) is 0 Å². The van der Waals surface area contributed by atoms with Crippen molar-refractivity contribution in [2.75, 3.05) is 39.8 Å². The van der Waals surface area contributed by atoms with Crippen LogP contribution in [0.2, 0.25) is 0 Å². The van der Waals surface area contributed by atoms with Crippen molar-refractivity contribution in [1.82, 2.24) is 29.7 Å². The molecular weight excluding hydrogens is 416 g/mol. The lowest BCUT2D eigenvalue weighted by molar-refractivity contribution is -0.146. The summed E-state index contributed by atoms with van der Waals surface area (Å²) in [6, 6.07) is 7.29. The number of hydrogen-bond donors (Lipinski definition) is 0. The zero-order valence-electron chi connectivity index (χ0n) is 18.0. The van der Waals surface area contributed by atoms with Gasteiger partial charge in [-0.15, -0.1) is 5.10 Å². The van der Waals surface area contributed by atoms with E-state index in [9.17, 15) is 19.2 Å². The fourth-order valence-electron chi connectivity index (χ4n) is 3.86. The van der Waals surface area contributed by atoms with Crippen LogP contribution in [-0.4, -0.2) is 93.2 Å². The van der Waals surface area contributed by atoms with E-state index in [1.165, 1.54) is 0 Å². The number of carbonyl (C=O) groups excluding carboxylic acids is 4. The number of nitrogens with zero attached hydrogens (tertiary/aromatic N) is 6. The fraction of sp³-hybridized carbons (Fsp3) is 0.429. The Bertz CT molecular complexity index is 1060. The number of imide groups is 1. The van der Waals surface area contributed by atoms with Gasteiger partial charge in [0.05, 0.1) is 18.5 Å². The molecule has 3 heterocycles. The number of hydrogen-bond acceptors (Lipinski definition) is 7. The maximum absolute atomic E-state index is 13.0. The zero-order valence-corrected chi connectivity index (χ0v) is 18.0. The number of methoxy groups -OCH3 is 1. The highest BCUT2D eigenvalue weighted by molar-refractivity contribution is 6.04. The van der Waals surface area contributed by atoms with Crippen LogP contribution in [0.25, 0.3) is 5.69 Å². The highest BCUT2D eigenvalue weighted by atomic mass is 16.5. The number of benzene rings is 1. The highest BCUT2D eigenvalue weighted by Crippen LogP contribution is 2.19. The number of likely N-dealkylation sites (tertiary alicyclic amines) is 1. The number of aromatic nitrogens is 3. The molecule has 1 aromatic heterocycles. The molecule has 32 heavy (non-hydrogen) atoms. The molecule has 0 bridgehead atoms. The molecule has 2 saturated heterocycles. The predicted molar refractivity (Wildman–Crippen MR) is 111 cm³/mol. The Kier molecular flexibility index (Phi) is 5.89. The second kappa shape index (κ2) is 8.77. The van der Waals surface area contributed by atoms with Gasteiger partial charge in [0, 0.05) is 45.1 Å². The van der Waals surface area contributed by atoms with Gasteiger partial charge in [0.25, 0.3) is 5.91 Å². The molecule has 11 nitrogen and oxygen atoms in total. The molecule has 0 spiro atoms. The van der Waals surface area contributed by atoms with E-state index in [1.54, 1.807) is 34.6 Å². The first kappa shape index (κ1) is 21.5. The summed E-state index contributed by atoms with van der Waals surface area (Å²) in [7, 11) is 1.58. The molecule has 11 heteroatoms. The van der Waals surface area contributed by atoms with Gasteiger partial charge in [-0.1, -0.05) is 11.3 Å². The lowest BCUT2D eigenvalue weighted by Gasteiger charge is -2.35. The summed E-state index contributed by atoms with van der Waals surface area (Å²) in [6.45, 7) is 2.85. The number of amides is 4. The molecule has 168 valence electrons. The van der Waals surface area contributed by atoms with Gasteiger partial charge in [-0.05, 0) is 19.1 Å². The van der Waals surface area contributed by atoms with Gasteiger partial charge in [-0.25, -0.2) is 4.68 Å². The van der Waals surface area contributed by atoms with E-state index < -0.39 is 0 Å². The second-order valence-corrected chi connectivity index (χ2v) is 7.68. The van der Waals surface area contributed by atoms with Crippen LogP contribution in [0.15, 0.2) is 24.3 Å². The molecule has 0 radical (unpaired) electrons. The average molecular weight is 440 g/mol. The monoisotopic (exact) mass is 440 g/mol. The van der Waals surface area contributed by atoms with E-state index in [0.717, 1.165) is 10.6 Å². The Morgan fingerprint density at radius 2 is 1.69 bits per heavy atom. The quantitative estimate of drug-likeness (QED) is 0.602. The summed E-state index contributed by atoms with van der Waals surface area (Å²) in [4.78, 5) is 53.2. The molecule has 1 aromatic carbocycles. The van der Waals surface area contributed by atoms with Gasteiger partial charge in [0.15, 0.2) is 5.69 Å². The first-order valence-corrected chi connectivity index (χ1v) is 10.4. The van der Waals surface area contributed by atoms with Crippen molar-refractivity contribution in [2.24, 2.45) is 0 Å². The van der Waals surface area contributed by atoms with Crippen LogP contribution in [0.5, 0.6) is 5.75 Å². The van der Waals surface area contributed by atoms with Crippen molar-refractivity contribution in [2.45, 2.75) is 19.8 Å². The van der Waals surface area contributed by atoms with Gasteiger partial charge in [0.1, 0.15) is 12.3 Å². The zero-order chi connectivity index (χ0) is 22.8. The Balaban J connectivity index is 1.38. The minimum absolute atomic E-state index is 0.157. The molecule has 0 atom stereocenters. The SMILES string of the molecule is COc1cccc(-n2nnc(C(=O)N3CCN(C(=O)CN4C(=O)CCC4=O)CC3)c2C)c1. The standard InChI is InChI=1S/C21H24N6O5/c1-14-20(22-23-27(14)15-4-3-5-16(12-15)32-2)21(31)25-10-8-24(9-11-25)19(30)13-26-17(28)6-7-18(26)29/h3-5,12H,6-11,13H2,1-2H3. The summed E-state index contributed by atoms with van der Waals surface area (Å²) in [6.07, 6.45) is 0.314. The van der Waals surface area contributed by atoms with E-state index in [2.05, 4.69) is 10.3 Å². The van der Waals surface area contributed by atoms with Gasteiger partial charge in [0.2, 0.25) is 17.7 Å². The van der Waals surface area contributed by atoms with E-state index in [0.29, 0.717) is 37.6 Å². The average Bonchev–Trinajstić information content (AvgIpc) is 3.35. The Labute approximate surface area is 184 Å². The summed E-state index contributed by atoms with van der Waals surface area (Å²) < 4.78 is 6.82. The van der Waals surface area contributed by atoms with Crippen LogP contribution in [-0.2, 0) is 14.4 Å². The molecule has 0 unspecified atom stereocenters. The van der Waals surface area contributed by atoms with Gasteiger partial charge >= 0.3 is 0 Å². The molecule has 4 rings (SSSR count). The predicted octanol–water partition coefficient (Wildman–Crippen LogP) is 0.0177. The van der Waals surface area contributed by atoms with Crippen LogP contribution < -0.4 is 4.74 Å². The van der Waals surface area contributed by atoms with Crippen LogP contribution >= 0.6 is 0 Å². The topological polar surface area (TPSA) is 118 Å². The lowest BCUT2D eigenvalue weighted by atomic mass is 10.2. The first-order chi connectivity index (χ1) is 15.4. The fourth-order valence-corrected chi connectivity index (χ4v) is 3.86. The molecular formula is C21H24N6O5. The summed E-state index contributed by atoms with van der Waals surface area (Å²) in [5.74, 6) is -0.503.